The van der Waals surface area contributed by atoms with Gasteiger partial charge in [0.1, 0.15) is 11.6 Å². The van der Waals surface area contributed by atoms with Crippen LogP contribution in [0.1, 0.15) is 45.0 Å². The Kier molecular flexibility index (Phi) is 7.89. The average Bonchev–Trinajstić information content (AvgIpc) is 3.11. The molecule has 0 aliphatic heterocycles. The van der Waals surface area contributed by atoms with Crippen molar-refractivity contribution in [2.45, 2.75) is 53.0 Å². The largest absolute Gasteiger partial charge is 0.494 e. The van der Waals surface area contributed by atoms with E-state index in [4.69, 9.17) is 9.72 Å². The van der Waals surface area contributed by atoms with Gasteiger partial charge in [-0.25, -0.2) is 4.98 Å². The summed E-state index contributed by atoms with van der Waals surface area (Å²) in [5, 5.41) is 2.99. The topological polar surface area (TPSA) is 56.1 Å². The van der Waals surface area contributed by atoms with Gasteiger partial charge in [0.15, 0.2) is 0 Å². The number of aryl methyl sites for hydroxylation is 3. The van der Waals surface area contributed by atoms with Gasteiger partial charge in [0, 0.05) is 25.4 Å². The molecule has 0 saturated heterocycles. The fourth-order valence-electron chi connectivity index (χ4n) is 3.46. The van der Waals surface area contributed by atoms with E-state index in [9.17, 15) is 4.79 Å². The Morgan fingerprint density at radius 2 is 1.87 bits per heavy atom. The Labute approximate surface area is 179 Å². The first-order chi connectivity index (χ1) is 14.6. The van der Waals surface area contributed by atoms with E-state index in [1.807, 2.05) is 32.0 Å². The summed E-state index contributed by atoms with van der Waals surface area (Å²) in [6.45, 7) is 8.19. The van der Waals surface area contributed by atoms with Gasteiger partial charge in [-0.05, 0) is 49.1 Å². The highest BCUT2D eigenvalue weighted by Crippen LogP contribution is 2.18. The van der Waals surface area contributed by atoms with Crippen LogP contribution in [-0.4, -0.2) is 28.6 Å². The van der Waals surface area contributed by atoms with Crippen molar-refractivity contribution in [1.82, 2.24) is 14.9 Å². The molecule has 1 heterocycles. The van der Waals surface area contributed by atoms with Gasteiger partial charge in [-0.2, -0.15) is 0 Å². The van der Waals surface area contributed by atoms with Crippen LogP contribution in [0, 0.1) is 5.92 Å². The number of hydrogen-bond acceptors (Lipinski definition) is 3. The van der Waals surface area contributed by atoms with E-state index in [0.717, 1.165) is 54.8 Å². The zero-order valence-electron chi connectivity index (χ0n) is 18.4. The predicted molar refractivity (Wildman–Crippen MR) is 122 cm³/mol. The molecule has 1 N–H and O–H groups in total. The van der Waals surface area contributed by atoms with Crippen molar-refractivity contribution in [1.29, 1.82) is 0 Å². The lowest BCUT2D eigenvalue weighted by molar-refractivity contribution is -0.123. The van der Waals surface area contributed by atoms with E-state index in [2.05, 4.69) is 47.1 Å². The van der Waals surface area contributed by atoms with Crippen molar-refractivity contribution in [3.8, 4) is 5.75 Å². The van der Waals surface area contributed by atoms with Crippen molar-refractivity contribution in [3.63, 3.8) is 0 Å². The number of carbonyl (C=O) groups is 1. The average molecular weight is 408 g/mol. The number of nitrogens with zero attached hydrogens (tertiary/aromatic N) is 2. The molecule has 2 aromatic carbocycles. The first-order valence-corrected chi connectivity index (χ1v) is 11.0. The van der Waals surface area contributed by atoms with Crippen molar-refractivity contribution >= 4 is 16.9 Å². The van der Waals surface area contributed by atoms with Crippen LogP contribution in [-0.2, 0) is 24.2 Å². The maximum absolute atomic E-state index is 11.7. The van der Waals surface area contributed by atoms with Gasteiger partial charge in [0.25, 0.3) is 0 Å². The third-order valence-corrected chi connectivity index (χ3v) is 5.26. The van der Waals surface area contributed by atoms with Crippen LogP contribution < -0.4 is 10.1 Å². The van der Waals surface area contributed by atoms with Crippen LogP contribution in [0.5, 0.6) is 5.75 Å². The van der Waals surface area contributed by atoms with Crippen LogP contribution in [0.4, 0.5) is 0 Å². The van der Waals surface area contributed by atoms with Crippen molar-refractivity contribution in [2.24, 2.45) is 5.92 Å². The zero-order chi connectivity index (χ0) is 21.3. The number of imidazole rings is 1. The van der Waals surface area contributed by atoms with Gasteiger partial charge in [-0.15, -0.1) is 0 Å². The minimum Gasteiger partial charge on any atom is -0.494 e. The molecule has 5 nitrogen and oxygen atoms in total. The zero-order valence-corrected chi connectivity index (χ0v) is 18.4. The number of carbonyl (C=O) groups excluding carboxylic acids is 1. The van der Waals surface area contributed by atoms with Crippen molar-refractivity contribution < 1.29 is 9.53 Å². The maximum Gasteiger partial charge on any atom is 0.222 e. The van der Waals surface area contributed by atoms with Crippen LogP contribution in [0.25, 0.3) is 11.0 Å². The first-order valence-electron chi connectivity index (χ1n) is 11.0. The standard InChI is InChI=1S/C25H33N3O2/c1-4-20-12-14-21(15-13-20)30-18-8-17-28-23-10-6-5-9-22(23)27-24(28)11-7-16-26-25(29)19(2)3/h5-6,9-10,12-15,19H,4,7-8,11,16-18H2,1-3H3,(H,26,29). The Bertz CT molecular complexity index is 945. The number of para-hydroxylation sites is 2. The fourth-order valence-corrected chi connectivity index (χ4v) is 3.46. The van der Waals surface area contributed by atoms with Crippen LogP contribution >= 0.6 is 0 Å². The second-order valence-corrected chi connectivity index (χ2v) is 7.92. The molecule has 0 radical (unpaired) electrons. The quantitative estimate of drug-likeness (QED) is 0.466. The van der Waals surface area contributed by atoms with Gasteiger partial charge < -0.3 is 14.6 Å². The molecule has 3 aromatic rings. The normalized spacial score (nSPS) is 11.2. The molecule has 1 amide bonds. The summed E-state index contributed by atoms with van der Waals surface area (Å²) < 4.78 is 8.22. The number of amides is 1. The molecule has 0 atom stereocenters. The SMILES string of the molecule is CCc1ccc(OCCCn2c(CCCNC(=O)C(C)C)nc3ccccc32)cc1. The minimum absolute atomic E-state index is 0.0211. The number of ether oxygens (including phenoxy) is 1. The van der Waals surface area contributed by atoms with Gasteiger partial charge in [0.05, 0.1) is 17.6 Å². The highest BCUT2D eigenvalue weighted by molar-refractivity contribution is 5.77. The number of hydrogen-bond donors (Lipinski definition) is 1. The van der Waals surface area contributed by atoms with Gasteiger partial charge >= 0.3 is 0 Å². The second-order valence-electron chi connectivity index (χ2n) is 7.92. The summed E-state index contributed by atoms with van der Waals surface area (Å²) in [4.78, 5) is 16.6. The van der Waals surface area contributed by atoms with Crippen molar-refractivity contribution in [2.75, 3.05) is 13.2 Å². The maximum atomic E-state index is 11.7. The monoisotopic (exact) mass is 407 g/mol. The van der Waals surface area contributed by atoms with E-state index in [-0.39, 0.29) is 11.8 Å². The van der Waals surface area contributed by atoms with E-state index >= 15 is 0 Å². The molecule has 5 heteroatoms. The summed E-state index contributed by atoms with van der Waals surface area (Å²) in [6.07, 6.45) is 3.67. The minimum atomic E-state index is 0.0211. The van der Waals surface area contributed by atoms with Crippen LogP contribution in [0.15, 0.2) is 48.5 Å². The summed E-state index contributed by atoms with van der Waals surface area (Å²) in [6, 6.07) is 16.6. The Morgan fingerprint density at radius 1 is 1.10 bits per heavy atom. The lowest BCUT2D eigenvalue weighted by Crippen LogP contribution is -2.28. The van der Waals surface area contributed by atoms with Crippen LogP contribution in [0.2, 0.25) is 0 Å². The smallest absolute Gasteiger partial charge is 0.222 e. The van der Waals surface area contributed by atoms with Gasteiger partial charge in [-0.3, -0.25) is 4.79 Å². The highest BCUT2D eigenvalue weighted by atomic mass is 16.5. The molecule has 0 aliphatic rings. The van der Waals surface area contributed by atoms with E-state index in [0.29, 0.717) is 13.2 Å². The number of nitrogens with one attached hydrogen (secondary N) is 1. The molecular weight excluding hydrogens is 374 g/mol. The van der Waals surface area contributed by atoms with E-state index in [1.165, 1.54) is 5.56 Å². The van der Waals surface area contributed by atoms with Gasteiger partial charge in [0.2, 0.25) is 5.91 Å². The Hall–Kier alpha value is -2.82. The number of fused-ring (bicyclic) bond motifs is 1. The molecule has 0 aliphatic carbocycles. The molecule has 1 aromatic heterocycles. The summed E-state index contributed by atoms with van der Waals surface area (Å²) >= 11 is 0. The second kappa shape index (κ2) is 10.8. The van der Waals surface area contributed by atoms with Crippen molar-refractivity contribution in [3.05, 3.63) is 59.9 Å². The molecule has 0 fully saturated rings. The number of benzene rings is 2. The Balaban J connectivity index is 1.56. The molecule has 0 unspecified atom stereocenters. The third-order valence-electron chi connectivity index (χ3n) is 5.26. The number of aromatic nitrogens is 2. The number of rotatable bonds is 11. The predicted octanol–water partition coefficient (Wildman–Crippen LogP) is 4.77. The first kappa shape index (κ1) is 21.9. The summed E-state index contributed by atoms with van der Waals surface area (Å²) in [5.74, 6) is 2.12. The molecule has 0 spiro atoms. The fraction of sp³-hybridized carbons (Fsp3) is 0.440. The Morgan fingerprint density at radius 3 is 2.60 bits per heavy atom. The lowest BCUT2D eigenvalue weighted by Gasteiger charge is -2.11. The van der Waals surface area contributed by atoms with Gasteiger partial charge in [-0.1, -0.05) is 45.0 Å². The van der Waals surface area contributed by atoms with Crippen LogP contribution in [0.3, 0.4) is 0 Å². The summed E-state index contributed by atoms with van der Waals surface area (Å²) in [7, 11) is 0. The highest BCUT2D eigenvalue weighted by Gasteiger charge is 2.11. The van der Waals surface area contributed by atoms with E-state index in [1.54, 1.807) is 0 Å². The summed E-state index contributed by atoms with van der Waals surface area (Å²) in [5.41, 5.74) is 3.50. The third kappa shape index (κ3) is 5.85. The van der Waals surface area contributed by atoms with E-state index < -0.39 is 0 Å². The molecule has 3 rings (SSSR count). The molecule has 30 heavy (non-hydrogen) atoms. The molecule has 160 valence electrons. The lowest BCUT2D eigenvalue weighted by atomic mass is 10.2. The molecule has 0 bridgehead atoms. The molecule has 0 saturated carbocycles. The molecular formula is C25H33N3O2.